The van der Waals surface area contributed by atoms with Gasteiger partial charge in [0, 0.05) is 12.8 Å². The van der Waals surface area contributed by atoms with E-state index in [1.165, 1.54) is 0 Å². The zero-order valence-electron chi connectivity index (χ0n) is 29.6. The maximum absolute atomic E-state index is 12.5. The van der Waals surface area contributed by atoms with Crippen molar-refractivity contribution in [2.45, 2.75) is 117 Å². The second kappa shape index (κ2) is 33.9. The topological polar surface area (TPSA) is 108 Å². The number of rotatable bonds is 30. The van der Waals surface area contributed by atoms with Gasteiger partial charge in [0.25, 0.3) is 0 Å². The van der Waals surface area contributed by atoms with Crippen LogP contribution in [0.3, 0.4) is 0 Å². The molecule has 48 heavy (non-hydrogen) atoms. The van der Waals surface area contributed by atoms with Crippen molar-refractivity contribution in [2.75, 3.05) is 19.8 Å². The standard InChI is InChI=1S/C39H61O8P/c1-4-7-9-11-13-15-17-19-20-22-24-26-28-30-32-34-39(41)47-37(36-46-48(42,43)45-6-3)35-44-38(40)33-31-29-27-25-23-21-18-16-14-12-10-8-5-2/h7-10,13-16,19-21,23-24,26-27,29,37H,4-6,11-12,17-18,22,25,28,30-36H2,1-3H3,(H,42,43)/b9-7-,10-8-,15-13-,16-14-,20-19-,23-21-,26-24-,29-27-. The van der Waals surface area contributed by atoms with Crippen molar-refractivity contribution in [1.82, 2.24) is 0 Å². The molecule has 0 spiro atoms. The Labute approximate surface area is 290 Å². The van der Waals surface area contributed by atoms with Crippen LogP contribution in [0.2, 0.25) is 0 Å². The van der Waals surface area contributed by atoms with E-state index in [1.54, 1.807) is 6.92 Å². The van der Waals surface area contributed by atoms with Gasteiger partial charge in [-0.15, -0.1) is 0 Å². The molecule has 0 heterocycles. The average molecular weight is 689 g/mol. The molecular weight excluding hydrogens is 627 g/mol. The first-order valence-electron chi connectivity index (χ1n) is 17.5. The Kier molecular flexibility index (Phi) is 31.7. The Morgan fingerprint density at radius 3 is 1.50 bits per heavy atom. The molecule has 0 aliphatic rings. The molecule has 0 aromatic heterocycles. The monoisotopic (exact) mass is 688 g/mol. The molecule has 2 atom stereocenters. The van der Waals surface area contributed by atoms with Gasteiger partial charge in [-0.2, -0.15) is 0 Å². The third kappa shape index (κ3) is 32.9. The fourth-order valence-electron chi connectivity index (χ4n) is 3.92. The number of carbonyl (C=O) groups excluding carboxylic acids is 2. The highest BCUT2D eigenvalue weighted by atomic mass is 31.2. The maximum atomic E-state index is 12.5. The molecule has 0 bridgehead atoms. The van der Waals surface area contributed by atoms with Gasteiger partial charge >= 0.3 is 19.8 Å². The first kappa shape index (κ1) is 45.0. The Morgan fingerprint density at radius 2 is 1.02 bits per heavy atom. The van der Waals surface area contributed by atoms with Crippen LogP contribution >= 0.6 is 7.82 Å². The lowest BCUT2D eigenvalue weighted by Crippen LogP contribution is -2.29. The van der Waals surface area contributed by atoms with Crippen LogP contribution in [0.4, 0.5) is 0 Å². The molecule has 0 saturated carbocycles. The van der Waals surface area contributed by atoms with Crippen molar-refractivity contribution in [3.63, 3.8) is 0 Å². The molecule has 0 aliphatic heterocycles. The molecule has 0 aromatic rings. The van der Waals surface area contributed by atoms with E-state index in [2.05, 4.69) is 98.9 Å². The summed E-state index contributed by atoms with van der Waals surface area (Å²) >= 11 is 0. The summed E-state index contributed by atoms with van der Waals surface area (Å²) in [5.41, 5.74) is 0. The maximum Gasteiger partial charge on any atom is 0.472 e. The zero-order chi connectivity index (χ0) is 35.4. The normalized spacial score (nSPS) is 14.7. The Bertz CT molecular complexity index is 1100. The quantitative estimate of drug-likeness (QED) is 0.0344. The van der Waals surface area contributed by atoms with Crippen molar-refractivity contribution >= 4 is 19.8 Å². The van der Waals surface area contributed by atoms with Crippen LogP contribution < -0.4 is 0 Å². The Morgan fingerprint density at radius 1 is 0.562 bits per heavy atom. The number of hydrogen-bond donors (Lipinski definition) is 1. The van der Waals surface area contributed by atoms with Crippen molar-refractivity contribution in [3.05, 3.63) is 97.2 Å². The third-order valence-electron chi connectivity index (χ3n) is 6.40. The summed E-state index contributed by atoms with van der Waals surface area (Å²) in [4.78, 5) is 34.5. The number of esters is 2. The molecule has 270 valence electrons. The van der Waals surface area contributed by atoms with Gasteiger partial charge in [0.15, 0.2) is 6.10 Å². The first-order chi connectivity index (χ1) is 23.3. The largest absolute Gasteiger partial charge is 0.472 e. The van der Waals surface area contributed by atoms with E-state index < -0.39 is 32.5 Å². The van der Waals surface area contributed by atoms with Gasteiger partial charge in [-0.1, -0.05) is 111 Å². The van der Waals surface area contributed by atoms with Gasteiger partial charge in [-0.3, -0.25) is 18.6 Å². The molecule has 0 aliphatic carbocycles. The molecule has 8 nitrogen and oxygen atoms in total. The summed E-state index contributed by atoms with van der Waals surface area (Å²) in [5, 5.41) is 0. The van der Waals surface area contributed by atoms with E-state index >= 15 is 0 Å². The van der Waals surface area contributed by atoms with E-state index in [0.29, 0.717) is 12.8 Å². The molecular formula is C39H61O8P. The van der Waals surface area contributed by atoms with Crippen molar-refractivity contribution in [1.29, 1.82) is 0 Å². The van der Waals surface area contributed by atoms with Gasteiger partial charge in [0.05, 0.1) is 13.2 Å². The van der Waals surface area contributed by atoms with E-state index in [4.69, 9.17) is 18.5 Å². The summed E-state index contributed by atoms with van der Waals surface area (Å²) in [5.74, 6) is -0.956. The van der Waals surface area contributed by atoms with Gasteiger partial charge in [-0.25, -0.2) is 4.57 Å². The van der Waals surface area contributed by atoms with E-state index in [-0.39, 0.29) is 26.1 Å². The minimum Gasteiger partial charge on any atom is -0.462 e. The van der Waals surface area contributed by atoms with Crippen LogP contribution in [0.1, 0.15) is 111 Å². The Hall–Kier alpha value is -3.03. The van der Waals surface area contributed by atoms with Gasteiger partial charge in [0.2, 0.25) is 0 Å². The Balaban J connectivity index is 4.41. The minimum atomic E-state index is -4.31. The SMILES string of the molecule is CC/C=C\C/C=C\C/C=C\C/C=C\CCCCC(=O)OC(COC(=O)CC/C=C\C/C=C\C/C=C\C/C=C\CC)COP(=O)(O)OCC. The molecule has 0 aromatic carbocycles. The van der Waals surface area contributed by atoms with E-state index in [1.807, 2.05) is 12.2 Å². The van der Waals surface area contributed by atoms with Crippen LogP contribution in [-0.4, -0.2) is 42.8 Å². The third-order valence-corrected chi connectivity index (χ3v) is 7.46. The molecule has 9 heteroatoms. The highest BCUT2D eigenvalue weighted by molar-refractivity contribution is 7.47. The summed E-state index contributed by atoms with van der Waals surface area (Å²) < 4.78 is 32.3. The molecule has 0 rings (SSSR count). The summed E-state index contributed by atoms with van der Waals surface area (Å²) in [6, 6.07) is 0. The fourth-order valence-corrected chi connectivity index (χ4v) is 4.68. The molecule has 0 amide bonds. The second-order valence-electron chi connectivity index (χ2n) is 10.8. The van der Waals surface area contributed by atoms with E-state index in [0.717, 1.165) is 64.2 Å². The lowest BCUT2D eigenvalue weighted by Gasteiger charge is -2.19. The highest BCUT2D eigenvalue weighted by Crippen LogP contribution is 2.43. The summed E-state index contributed by atoms with van der Waals surface area (Å²) in [7, 11) is -4.31. The van der Waals surface area contributed by atoms with Crippen LogP contribution in [0, 0.1) is 0 Å². The van der Waals surface area contributed by atoms with Gasteiger partial charge in [0.1, 0.15) is 6.61 Å². The van der Waals surface area contributed by atoms with Crippen molar-refractivity contribution < 1.29 is 37.6 Å². The fraction of sp³-hybridized carbons (Fsp3) is 0.538. The van der Waals surface area contributed by atoms with Crippen LogP contribution in [-0.2, 0) is 32.7 Å². The second-order valence-corrected chi connectivity index (χ2v) is 12.2. The predicted molar refractivity (Wildman–Crippen MR) is 197 cm³/mol. The average Bonchev–Trinajstić information content (AvgIpc) is 3.06. The molecule has 2 unspecified atom stereocenters. The number of carbonyl (C=O) groups is 2. The lowest BCUT2D eigenvalue weighted by molar-refractivity contribution is -0.161. The van der Waals surface area contributed by atoms with Crippen molar-refractivity contribution in [3.8, 4) is 0 Å². The minimum absolute atomic E-state index is 0.0240. The molecule has 0 fully saturated rings. The van der Waals surface area contributed by atoms with Crippen LogP contribution in [0.25, 0.3) is 0 Å². The molecule has 0 radical (unpaired) electrons. The molecule has 1 N–H and O–H groups in total. The number of hydrogen-bond acceptors (Lipinski definition) is 7. The van der Waals surface area contributed by atoms with Crippen LogP contribution in [0.5, 0.6) is 0 Å². The first-order valence-corrected chi connectivity index (χ1v) is 19.0. The zero-order valence-corrected chi connectivity index (χ0v) is 30.5. The molecule has 0 saturated heterocycles. The van der Waals surface area contributed by atoms with Gasteiger partial charge < -0.3 is 14.4 Å². The number of allylic oxidation sites excluding steroid dienone is 16. The lowest BCUT2D eigenvalue weighted by atomic mass is 10.2. The number of phosphoric acid groups is 1. The number of unbranched alkanes of at least 4 members (excludes halogenated alkanes) is 2. The number of phosphoric ester groups is 1. The predicted octanol–water partition coefficient (Wildman–Crippen LogP) is 10.5. The van der Waals surface area contributed by atoms with E-state index in [9.17, 15) is 19.0 Å². The number of ether oxygens (including phenoxy) is 2. The summed E-state index contributed by atoms with van der Waals surface area (Å²) in [6.45, 7) is 5.05. The highest BCUT2D eigenvalue weighted by Gasteiger charge is 2.25. The van der Waals surface area contributed by atoms with Gasteiger partial charge in [-0.05, 0) is 84.0 Å². The van der Waals surface area contributed by atoms with Crippen molar-refractivity contribution in [2.24, 2.45) is 0 Å². The smallest absolute Gasteiger partial charge is 0.462 e. The summed E-state index contributed by atoms with van der Waals surface area (Å²) in [6.07, 6.45) is 43.4. The van der Waals surface area contributed by atoms with Crippen LogP contribution in [0.15, 0.2) is 97.2 Å².